The standard InChI is InChI=1S/C45H54N2O4/c1-7-46-40-26-34-25-35-27-41(47-8-2)30(4)24-39(35)43(38(34)23-29(40)3)36-20-16-17-21-37(36)45(50)51-22-18-14-12-10-9-11-13-15-19-33-28-42(48)31(5)32(6)44(33)49/h16-17,20-21,23-24,26-28,46H,7-15,18-19,22,25H2,1-6H3/p+1. The van der Waals surface area contributed by atoms with Crippen molar-refractivity contribution in [3.8, 4) is 0 Å². The predicted octanol–water partition coefficient (Wildman–Crippen LogP) is 8.29. The van der Waals surface area contributed by atoms with Crippen LogP contribution in [0.1, 0.15) is 125 Å². The average Bonchev–Trinajstić information content (AvgIpc) is 3.12. The summed E-state index contributed by atoms with van der Waals surface area (Å²) >= 11 is 0. The van der Waals surface area contributed by atoms with E-state index in [0.29, 0.717) is 35.3 Å². The number of benzene rings is 2. The van der Waals surface area contributed by atoms with Crippen LogP contribution in [0.25, 0.3) is 5.57 Å². The first-order valence-corrected chi connectivity index (χ1v) is 19.0. The van der Waals surface area contributed by atoms with Gasteiger partial charge in [-0.15, -0.1) is 0 Å². The number of esters is 1. The summed E-state index contributed by atoms with van der Waals surface area (Å²) in [5.41, 5.74) is 14.0. The van der Waals surface area contributed by atoms with Crippen LogP contribution in [0.3, 0.4) is 0 Å². The zero-order valence-electron chi connectivity index (χ0n) is 31.5. The fraction of sp³-hybridized carbons (Fsp3) is 0.422. The first kappa shape index (κ1) is 37.7. The maximum absolute atomic E-state index is 13.7. The molecule has 0 saturated heterocycles. The van der Waals surface area contributed by atoms with E-state index in [4.69, 9.17) is 4.74 Å². The Labute approximate surface area is 304 Å². The molecule has 3 aliphatic carbocycles. The van der Waals surface area contributed by atoms with Crippen LogP contribution in [-0.4, -0.2) is 42.9 Å². The van der Waals surface area contributed by atoms with E-state index in [-0.39, 0.29) is 17.5 Å². The lowest BCUT2D eigenvalue weighted by molar-refractivity contribution is -0.451. The van der Waals surface area contributed by atoms with Crippen molar-refractivity contribution < 1.29 is 24.1 Å². The van der Waals surface area contributed by atoms with Gasteiger partial charge in [0.1, 0.15) is 6.54 Å². The number of hydrogen-bond acceptors (Lipinski definition) is 5. The number of rotatable bonds is 16. The Bertz CT molecular complexity index is 1880. The van der Waals surface area contributed by atoms with Crippen molar-refractivity contribution in [2.24, 2.45) is 0 Å². The van der Waals surface area contributed by atoms with Crippen LogP contribution >= 0.6 is 0 Å². The van der Waals surface area contributed by atoms with Gasteiger partial charge in [-0.3, -0.25) is 9.59 Å². The number of unbranched alkanes of at least 4 members (excludes halogenated alkanes) is 7. The van der Waals surface area contributed by atoms with Crippen LogP contribution in [0.4, 0.5) is 5.69 Å². The van der Waals surface area contributed by atoms with Gasteiger partial charge in [0, 0.05) is 40.6 Å². The van der Waals surface area contributed by atoms with E-state index in [1.807, 2.05) is 18.2 Å². The highest BCUT2D eigenvalue weighted by Gasteiger charge is 2.30. The lowest BCUT2D eigenvalue weighted by atomic mass is 9.75. The highest BCUT2D eigenvalue weighted by Crippen LogP contribution is 2.44. The molecule has 0 bridgehead atoms. The molecule has 51 heavy (non-hydrogen) atoms. The monoisotopic (exact) mass is 687 g/mol. The third-order valence-electron chi connectivity index (χ3n) is 10.4. The van der Waals surface area contributed by atoms with Crippen molar-refractivity contribution in [2.75, 3.05) is 25.0 Å². The molecule has 0 aliphatic heterocycles. The number of nitrogens with one attached hydrogen (secondary N) is 2. The average molecular weight is 688 g/mol. The van der Waals surface area contributed by atoms with E-state index in [0.717, 1.165) is 93.4 Å². The number of carbonyl (C=O) groups is 3. The summed E-state index contributed by atoms with van der Waals surface area (Å²) in [6.45, 7) is 14.1. The Hall–Kier alpha value is -4.58. The second-order valence-corrected chi connectivity index (χ2v) is 14.1. The van der Waals surface area contributed by atoms with Crippen molar-refractivity contribution in [2.45, 2.75) is 106 Å². The number of Topliss-reactive ketones (excluding diaryl/α,β-unsaturated/α-hetero) is 1. The third-order valence-corrected chi connectivity index (χ3v) is 10.4. The molecule has 0 heterocycles. The summed E-state index contributed by atoms with van der Waals surface area (Å²) < 4.78 is 5.90. The first-order chi connectivity index (χ1) is 24.6. The van der Waals surface area contributed by atoms with E-state index >= 15 is 0 Å². The number of aryl methyl sites for hydroxylation is 1. The Morgan fingerprint density at radius 2 is 1.53 bits per heavy atom. The normalized spacial score (nSPS) is 16.5. The second-order valence-electron chi connectivity index (χ2n) is 14.1. The molecule has 3 aliphatic rings. The number of fused-ring (bicyclic) bond motifs is 2. The molecule has 5 rings (SSSR count). The molecular weight excluding hydrogens is 633 g/mol. The van der Waals surface area contributed by atoms with Crippen LogP contribution in [0.2, 0.25) is 0 Å². The molecule has 0 radical (unpaired) electrons. The van der Waals surface area contributed by atoms with Crippen molar-refractivity contribution in [1.29, 1.82) is 0 Å². The van der Waals surface area contributed by atoms with E-state index in [1.54, 1.807) is 13.8 Å². The molecule has 268 valence electrons. The number of ketones is 2. The van der Waals surface area contributed by atoms with Gasteiger partial charge in [0.2, 0.25) is 5.71 Å². The van der Waals surface area contributed by atoms with Gasteiger partial charge in [0.05, 0.1) is 12.2 Å². The predicted molar refractivity (Wildman–Crippen MR) is 208 cm³/mol. The lowest BCUT2D eigenvalue weighted by Crippen LogP contribution is -2.72. The summed E-state index contributed by atoms with van der Waals surface area (Å²) in [7, 11) is 0. The molecule has 2 aromatic carbocycles. The molecule has 2 N–H and O–H groups in total. The Morgan fingerprint density at radius 1 is 0.824 bits per heavy atom. The molecule has 2 aromatic rings. The minimum atomic E-state index is -0.275. The van der Waals surface area contributed by atoms with Crippen LogP contribution in [0, 0.1) is 6.92 Å². The number of anilines is 1. The molecule has 0 fully saturated rings. The van der Waals surface area contributed by atoms with Crippen LogP contribution < -0.4 is 10.3 Å². The Kier molecular flexibility index (Phi) is 13.0. The van der Waals surface area contributed by atoms with E-state index in [1.165, 1.54) is 39.5 Å². The van der Waals surface area contributed by atoms with Crippen LogP contribution in [0.15, 0.2) is 88.1 Å². The highest BCUT2D eigenvalue weighted by molar-refractivity contribution is 6.22. The summed E-state index contributed by atoms with van der Waals surface area (Å²) in [4.78, 5) is 41.7. The molecule has 0 amide bonds. The summed E-state index contributed by atoms with van der Waals surface area (Å²) in [5, 5.41) is 3.53. The third kappa shape index (κ3) is 8.84. The topological polar surface area (TPSA) is 86.4 Å². The maximum Gasteiger partial charge on any atom is 0.338 e. The zero-order chi connectivity index (χ0) is 36.5. The number of hydrogen-bond donors (Lipinski definition) is 2. The summed E-state index contributed by atoms with van der Waals surface area (Å²) in [6.07, 6.45) is 15.9. The number of allylic oxidation sites excluding steroid dienone is 9. The summed E-state index contributed by atoms with van der Waals surface area (Å²) in [5.74, 6) is -0.274. The molecule has 0 aromatic heterocycles. The summed E-state index contributed by atoms with van der Waals surface area (Å²) in [6, 6.07) is 12.5. The lowest BCUT2D eigenvalue weighted by Gasteiger charge is -2.29. The van der Waals surface area contributed by atoms with E-state index in [2.05, 4.69) is 68.4 Å². The van der Waals surface area contributed by atoms with Gasteiger partial charge in [-0.2, -0.15) is 0 Å². The minimum Gasteiger partial charge on any atom is -0.462 e. The molecule has 0 atom stereocenters. The second kappa shape index (κ2) is 17.6. The number of ether oxygens (including phenoxy) is 1. The molecule has 0 saturated carbocycles. The van der Waals surface area contributed by atoms with Gasteiger partial charge in [-0.25, -0.2) is 9.79 Å². The van der Waals surface area contributed by atoms with Gasteiger partial charge in [0.15, 0.2) is 11.6 Å². The minimum absolute atomic E-state index is 0.0284. The van der Waals surface area contributed by atoms with Crippen LogP contribution in [-0.2, 0) is 20.7 Å². The van der Waals surface area contributed by atoms with Gasteiger partial charge >= 0.3 is 5.97 Å². The van der Waals surface area contributed by atoms with Gasteiger partial charge in [0.25, 0.3) is 0 Å². The zero-order valence-corrected chi connectivity index (χ0v) is 31.5. The molecule has 0 unspecified atom stereocenters. The molecule has 0 spiro atoms. The molecule has 6 nitrogen and oxygen atoms in total. The SMILES string of the molecule is CCNc1cc2c(cc1C)C(c1ccccc1C(=O)OCCCCCCCCCCC1=CC(=O)C(C)=C(C)C1=O)=C1C=C(C)C(=[NH+]CC)C=C1C2. The van der Waals surface area contributed by atoms with Gasteiger partial charge in [-0.1, -0.05) is 56.7 Å². The van der Waals surface area contributed by atoms with Gasteiger partial charge in [-0.05, 0) is 137 Å². The molecule has 6 heteroatoms. The molecular formula is C45H55N2O4+. The van der Waals surface area contributed by atoms with Crippen molar-refractivity contribution in [1.82, 2.24) is 0 Å². The first-order valence-electron chi connectivity index (χ1n) is 19.0. The smallest absolute Gasteiger partial charge is 0.338 e. The quantitative estimate of drug-likeness (QED) is 0.105. The van der Waals surface area contributed by atoms with E-state index in [9.17, 15) is 14.4 Å². The highest BCUT2D eigenvalue weighted by atomic mass is 16.5. The Morgan fingerprint density at radius 3 is 2.25 bits per heavy atom. The van der Waals surface area contributed by atoms with Crippen LogP contribution in [0.5, 0.6) is 0 Å². The Balaban J connectivity index is 1.17. The maximum atomic E-state index is 13.7. The van der Waals surface area contributed by atoms with Crippen molar-refractivity contribution >= 4 is 34.5 Å². The number of carbonyl (C=O) groups excluding carboxylic acids is 3. The van der Waals surface area contributed by atoms with Crippen molar-refractivity contribution in [3.63, 3.8) is 0 Å². The van der Waals surface area contributed by atoms with Crippen molar-refractivity contribution in [3.05, 3.63) is 116 Å². The fourth-order valence-electron chi connectivity index (χ4n) is 7.38. The van der Waals surface area contributed by atoms with Gasteiger partial charge < -0.3 is 10.1 Å². The van der Waals surface area contributed by atoms with E-state index < -0.39 is 0 Å². The largest absolute Gasteiger partial charge is 0.462 e. The fourth-order valence-corrected chi connectivity index (χ4v) is 7.38.